The van der Waals surface area contributed by atoms with Crippen LogP contribution in [-0.4, -0.2) is 16.0 Å². The van der Waals surface area contributed by atoms with Gasteiger partial charge >= 0.3 is 0 Å². The Morgan fingerprint density at radius 1 is 0.500 bits per heavy atom. The number of imidazole rings is 1. The molecule has 9 aromatic rings. The van der Waals surface area contributed by atoms with Gasteiger partial charge in [-0.3, -0.25) is 4.40 Å². The Labute approximate surface area is 254 Å². The number of pyridine rings is 1. The van der Waals surface area contributed by atoms with Crippen LogP contribution < -0.4 is 10.6 Å². The van der Waals surface area contributed by atoms with Crippen molar-refractivity contribution in [2.24, 2.45) is 0 Å². The van der Waals surface area contributed by atoms with E-state index in [4.69, 9.17) is 4.98 Å². The van der Waals surface area contributed by atoms with Crippen LogP contribution >= 0.6 is 7.14 Å². The van der Waals surface area contributed by atoms with E-state index in [1.165, 1.54) is 10.8 Å². The van der Waals surface area contributed by atoms with Crippen LogP contribution in [0.25, 0.3) is 71.0 Å². The molecule has 0 aliphatic carbocycles. The van der Waals surface area contributed by atoms with Crippen molar-refractivity contribution < 1.29 is 4.57 Å². The Bertz CT molecular complexity index is 2670. The van der Waals surface area contributed by atoms with Crippen molar-refractivity contribution in [2.45, 2.75) is 0 Å². The summed E-state index contributed by atoms with van der Waals surface area (Å²) in [6, 6.07) is 50.8. The fourth-order valence-corrected chi connectivity index (χ4v) is 8.54. The summed E-state index contributed by atoms with van der Waals surface area (Å²) < 4.78 is 16.6. The molecular weight excluding hydrogens is 555 g/mol. The van der Waals surface area contributed by atoms with E-state index in [1.807, 2.05) is 37.0 Å². The molecule has 44 heavy (non-hydrogen) atoms. The van der Waals surface area contributed by atoms with E-state index in [-0.39, 0.29) is 0 Å². The lowest BCUT2D eigenvalue weighted by atomic mass is 9.98. The van der Waals surface area contributed by atoms with E-state index in [2.05, 4.69) is 120 Å². The topological polar surface area (TPSA) is 34.4 Å². The molecule has 0 aliphatic rings. The van der Waals surface area contributed by atoms with Crippen LogP contribution in [0.15, 0.2) is 146 Å². The van der Waals surface area contributed by atoms with Gasteiger partial charge in [0.1, 0.15) is 12.8 Å². The fraction of sp³-hybridized carbons (Fsp3) is 0.0250. The van der Waals surface area contributed by atoms with Gasteiger partial charge in [0.15, 0.2) is 0 Å². The molecule has 0 aliphatic heterocycles. The Morgan fingerprint density at radius 3 is 1.95 bits per heavy atom. The minimum atomic E-state index is -2.80. The summed E-state index contributed by atoms with van der Waals surface area (Å²) in [4.78, 5) is 5.05. The highest BCUT2D eigenvalue weighted by Crippen LogP contribution is 2.41. The van der Waals surface area contributed by atoms with Crippen molar-refractivity contribution >= 4 is 77.7 Å². The maximum Gasteiger partial charge on any atom is 0.146 e. The van der Waals surface area contributed by atoms with Crippen molar-refractivity contribution in [1.82, 2.24) is 9.38 Å². The van der Waals surface area contributed by atoms with Gasteiger partial charge in [-0.2, -0.15) is 0 Å². The molecular formula is C40H27N2OP. The summed E-state index contributed by atoms with van der Waals surface area (Å²) >= 11 is 0. The zero-order valence-electron chi connectivity index (χ0n) is 24.1. The molecule has 0 N–H and O–H groups in total. The lowest BCUT2D eigenvalue weighted by molar-refractivity contribution is 0.590. The third-order valence-electron chi connectivity index (χ3n) is 9.13. The molecule has 0 fully saturated rings. The Hall–Kier alpha value is -5.24. The predicted molar refractivity (Wildman–Crippen MR) is 187 cm³/mol. The first-order chi connectivity index (χ1) is 21.5. The minimum absolute atomic E-state index is 0.869. The maximum absolute atomic E-state index is 14.3. The Balaban J connectivity index is 1.21. The number of hydrogen-bond acceptors (Lipinski definition) is 2. The molecule has 3 nitrogen and oxygen atoms in total. The average molecular weight is 583 g/mol. The van der Waals surface area contributed by atoms with Crippen molar-refractivity contribution in [1.29, 1.82) is 0 Å². The second-order valence-electron chi connectivity index (χ2n) is 11.7. The molecule has 2 heterocycles. The van der Waals surface area contributed by atoms with Gasteiger partial charge in [0.2, 0.25) is 0 Å². The number of fused-ring (bicyclic) bond motifs is 10. The van der Waals surface area contributed by atoms with Crippen LogP contribution in [0.3, 0.4) is 0 Å². The highest BCUT2D eigenvalue weighted by atomic mass is 31.2. The van der Waals surface area contributed by atoms with Crippen LogP contribution in [0, 0.1) is 0 Å². The Morgan fingerprint density at radius 2 is 1.11 bits per heavy atom. The van der Waals surface area contributed by atoms with Gasteiger partial charge in [0.25, 0.3) is 0 Å². The SMILES string of the molecule is CP(=O)(c1ccc2ccccc2c1)c1ccc2ccc(-c3ccc4c5ccccc5c5nc6ccccc6n5c4c3)cc2c1. The Kier molecular flexibility index (Phi) is 5.39. The second kappa shape index (κ2) is 9.38. The average Bonchev–Trinajstić information content (AvgIpc) is 3.48. The smallest absolute Gasteiger partial charge is 0.146 e. The molecule has 0 saturated heterocycles. The van der Waals surface area contributed by atoms with E-state index in [0.717, 1.165) is 70.9 Å². The molecule has 0 radical (unpaired) electrons. The van der Waals surface area contributed by atoms with E-state index in [0.29, 0.717) is 0 Å². The normalized spacial score (nSPS) is 13.4. The number of hydrogen-bond donors (Lipinski definition) is 0. The predicted octanol–water partition coefficient (Wildman–Crippen LogP) is 9.71. The standard InChI is InChI=1S/C40H27N2OP/c1-44(43,32-19-16-26-8-2-3-9-28(26)23-32)33-20-17-27-14-15-29(22-31(27)24-33)30-18-21-35-34-10-4-5-11-36(34)40-41-37-12-6-7-13-38(37)42(40)39(35)25-30/h2-25H,1H3. The molecule has 0 saturated carbocycles. The molecule has 0 bridgehead atoms. The van der Waals surface area contributed by atoms with Gasteiger partial charge in [-0.05, 0) is 81.1 Å². The summed E-state index contributed by atoms with van der Waals surface area (Å²) in [7, 11) is -2.80. The van der Waals surface area contributed by atoms with E-state index in [9.17, 15) is 4.57 Å². The summed E-state index contributed by atoms with van der Waals surface area (Å²) in [5, 5.41) is 9.78. The number of para-hydroxylation sites is 2. The number of benzene rings is 7. The lowest BCUT2D eigenvalue weighted by Crippen LogP contribution is -2.15. The highest BCUT2D eigenvalue weighted by molar-refractivity contribution is 7.78. The van der Waals surface area contributed by atoms with Crippen molar-refractivity contribution in [2.75, 3.05) is 6.66 Å². The monoisotopic (exact) mass is 582 g/mol. The first-order valence-electron chi connectivity index (χ1n) is 14.9. The largest absolute Gasteiger partial charge is 0.314 e. The van der Waals surface area contributed by atoms with Gasteiger partial charge in [-0.25, -0.2) is 4.98 Å². The van der Waals surface area contributed by atoms with E-state index in [1.54, 1.807) is 0 Å². The van der Waals surface area contributed by atoms with Gasteiger partial charge in [-0.1, -0.05) is 109 Å². The van der Waals surface area contributed by atoms with Crippen molar-refractivity contribution in [3.8, 4) is 11.1 Å². The number of nitrogens with zero attached hydrogens (tertiary/aromatic N) is 2. The maximum atomic E-state index is 14.3. The summed E-state index contributed by atoms with van der Waals surface area (Å²) in [6.07, 6.45) is 0. The summed E-state index contributed by atoms with van der Waals surface area (Å²) in [5.74, 6) is 0. The first-order valence-corrected chi connectivity index (χ1v) is 17.0. The second-order valence-corrected chi connectivity index (χ2v) is 14.6. The molecule has 208 valence electrons. The number of rotatable bonds is 3. The van der Waals surface area contributed by atoms with Gasteiger partial charge in [-0.15, -0.1) is 0 Å². The summed E-state index contributed by atoms with van der Waals surface area (Å²) in [6.45, 7) is 1.89. The molecule has 2 aromatic heterocycles. The van der Waals surface area contributed by atoms with Gasteiger partial charge in [0, 0.05) is 21.4 Å². The third kappa shape index (κ3) is 3.76. The lowest BCUT2D eigenvalue weighted by Gasteiger charge is -2.16. The van der Waals surface area contributed by atoms with Crippen LogP contribution in [0.2, 0.25) is 0 Å². The molecule has 1 atom stereocenters. The first kappa shape index (κ1) is 25.3. The zero-order chi connectivity index (χ0) is 29.4. The summed E-state index contributed by atoms with van der Waals surface area (Å²) in [5.41, 5.74) is 6.46. The minimum Gasteiger partial charge on any atom is -0.314 e. The van der Waals surface area contributed by atoms with Crippen molar-refractivity contribution in [3.05, 3.63) is 146 Å². The van der Waals surface area contributed by atoms with E-state index >= 15 is 0 Å². The van der Waals surface area contributed by atoms with Crippen molar-refractivity contribution in [3.63, 3.8) is 0 Å². The van der Waals surface area contributed by atoms with Crippen LogP contribution in [0.1, 0.15) is 0 Å². The fourth-order valence-electron chi connectivity index (χ4n) is 6.76. The molecule has 0 amide bonds. The van der Waals surface area contributed by atoms with E-state index < -0.39 is 7.14 Å². The third-order valence-corrected chi connectivity index (χ3v) is 11.7. The van der Waals surface area contributed by atoms with Gasteiger partial charge < -0.3 is 4.57 Å². The van der Waals surface area contributed by atoms with Gasteiger partial charge in [0.05, 0.1) is 16.6 Å². The van der Waals surface area contributed by atoms with Crippen LogP contribution in [0.5, 0.6) is 0 Å². The molecule has 4 heteroatoms. The highest BCUT2D eigenvalue weighted by Gasteiger charge is 2.22. The molecule has 9 rings (SSSR count). The number of aromatic nitrogens is 2. The molecule has 1 unspecified atom stereocenters. The quantitative estimate of drug-likeness (QED) is 0.154. The zero-order valence-corrected chi connectivity index (χ0v) is 25.0. The van der Waals surface area contributed by atoms with Crippen LogP contribution in [-0.2, 0) is 4.57 Å². The molecule has 0 spiro atoms. The molecule has 7 aromatic carbocycles. The van der Waals surface area contributed by atoms with Crippen LogP contribution in [0.4, 0.5) is 0 Å².